The molecule has 0 aliphatic heterocycles. The molecular formula is C10H18IN3. The number of aryl methyl sites for hydroxylation is 1. The third-order valence-corrected chi connectivity index (χ3v) is 2.95. The van der Waals surface area contributed by atoms with E-state index in [-0.39, 0.29) is 0 Å². The monoisotopic (exact) mass is 307 g/mol. The number of nitrogens with zero attached hydrogens (tertiary/aromatic N) is 2. The number of rotatable bonds is 7. The minimum atomic E-state index is 1.02. The van der Waals surface area contributed by atoms with Crippen LogP contribution >= 0.6 is 22.6 Å². The van der Waals surface area contributed by atoms with E-state index in [0.717, 1.165) is 25.5 Å². The van der Waals surface area contributed by atoms with Gasteiger partial charge in [0.1, 0.15) is 5.82 Å². The number of halogens is 1. The van der Waals surface area contributed by atoms with Gasteiger partial charge in [-0.25, -0.2) is 4.98 Å². The Bertz CT molecular complexity index is 247. The standard InChI is InChI=1S/C10H18IN3/c1-10-13-7-9-14(10)8-6-12-5-3-2-4-11/h7,9,12H,2-6,8H2,1H3. The van der Waals surface area contributed by atoms with Gasteiger partial charge in [-0.2, -0.15) is 0 Å². The molecule has 0 aliphatic carbocycles. The average molecular weight is 307 g/mol. The van der Waals surface area contributed by atoms with Gasteiger partial charge in [0.05, 0.1) is 0 Å². The molecule has 0 saturated heterocycles. The summed E-state index contributed by atoms with van der Waals surface area (Å²) in [6, 6.07) is 0. The Hall–Kier alpha value is -0.100. The first kappa shape index (κ1) is 12.0. The second kappa shape index (κ2) is 7.23. The Kier molecular flexibility index (Phi) is 6.18. The second-order valence-corrected chi connectivity index (χ2v) is 4.39. The third-order valence-electron chi connectivity index (χ3n) is 2.19. The van der Waals surface area contributed by atoms with Gasteiger partial charge in [-0.3, -0.25) is 0 Å². The second-order valence-electron chi connectivity index (χ2n) is 3.31. The predicted molar refractivity (Wildman–Crippen MR) is 68.0 cm³/mol. The van der Waals surface area contributed by atoms with Crippen molar-refractivity contribution >= 4 is 22.6 Å². The zero-order valence-corrected chi connectivity index (χ0v) is 10.8. The maximum atomic E-state index is 4.18. The lowest BCUT2D eigenvalue weighted by atomic mass is 10.3. The molecule has 1 aromatic heterocycles. The molecule has 4 heteroatoms. The number of unbranched alkanes of at least 4 members (excludes halogenated alkanes) is 1. The average Bonchev–Trinajstić information content (AvgIpc) is 2.58. The van der Waals surface area contributed by atoms with Crippen molar-refractivity contribution in [3.05, 3.63) is 18.2 Å². The summed E-state index contributed by atoms with van der Waals surface area (Å²) in [7, 11) is 0. The zero-order valence-electron chi connectivity index (χ0n) is 8.67. The SMILES string of the molecule is Cc1nccn1CCNCCCCI. The van der Waals surface area contributed by atoms with E-state index in [4.69, 9.17) is 0 Å². The van der Waals surface area contributed by atoms with Crippen LogP contribution in [0.1, 0.15) is 18.7 Å². The summed E-state index contributed by atoms with van der Waals surface area (Å²) in [6.07, 6.45) is 6.48. The Morgan fingerprint density at radius 2 is 2.29 bits per heavy atom. The lowest BCUT2D eigenvalue weighted by Gasteiger charge is -2.06. The van der Waals surface area contributed by atoms with Crippen molar-refractivity contribution in [1.29, 1.82) is 0 Å². The van der Waals surface area contributed by atoms with E-state index in [9.17, 15) is 0 Å². The highest BCUT2D eigenvalue weighted by Crippen LogP contribution is 1.94. The fourth-order valence-electron chi connectivity index (χ4n) is 1.31. The number of imidazole rings is 1. The summed E-state index contributed by atoms with van der Waals surface area (Å²) in [5.74, 6) is 1.10. The molecule has 1 rings (SSSR count). The fraction of sp³-hybridized carbons (Fsp3) is 0.700. The Morgan fingerprint density at radius 1 is 1.43 bits per heavy atom. The molecule has 1 aromatic rings. The van der Waals surface area contributed by atoms with E-state index >= 15 is 0 Å². The van der Waals surface area contributed by atoms with Gasteiger partial charge >= 0.3 is 0 Å². The molecule has 0 spiro atoms. The van der Waals surface area contributed by atoms with Crippen molar-refractivity contribution in [3.8, 4) is 0 Å². The highest BCUT2D eigenvalue weighted by atomic mass is 127. The number of hydrogen-bond acceptors (Lipinski definition) is 2. The quantitative estimate of drug-likeness (QED) is 0.474. The van der Waals surface area contributed by atoms with Gasteiger partial charge in [0, 0.05) is 25.5 Å². The topological polar surface area (TPSA) is 29.9 Å². The molecule has 0 saturated carbocycles. The molecule has 14 heavy (non-hydrogen) atoms. The van der Waals surface area contributed by atoms with Crippen LogP contribution in [-0.2, 0) is 6.54 Å². The third kappa shape index (κ3) is 4.41. The van der Waals surface area contributed by atoms with Crippen LogP contribution in [0, 0.1) is 6.92 Å². The first-order valence-corrected chi connectivity index (χ1v) is 6.61. The van der Waals surface area contributed by atoms with Crippen LogP contribution in [0.2, 0.25) is 0 Å². The number of aromatic nitrogens is 2. The molecule has 0 bridgehead atoms. The van der Waals surface area contributed by atoms with Gasteiger partial charge in [-0.05, 0) is 30.7 Å². The highest BCUT2D eigenvalue weighted by molar-refractivity contribution is 14.1. The lowest BCUT2D eigenvalue weighted by Crippen LogP contribution is -2.21. The van der Waals surface area contributed by atoms with E-state index in [1.165, 1.54) is 17.3 Å². The molecule has 1 N–H and O–H groups in total. The summed E-state index contributed by atoms with van der Waals surface area (Å²) in [5, 5.41) is 3.43. The summed E-state index contributed by atoms with van der Waals surface area (Å²) < 4.78 is 3.44. The number of alkyl halides is 1. The molecule has 3 nitrogen and oxygen atoms in total. The Labute approximate surface area is 99.4 Å². The summed E-state index contributed by atoms with van der Waals surface area (Å²) in [4.78, 5) is 4.18. The van der Waals surface area contributed by atoms with Crippen LogP contribution in [0.5, 0.6) is 0 Å². The van der Waals surface area contributed by atoms with Crippen molar-refractivity contribution in [2.24, 2.45) is 0 Å². The maximum Gasteiger partial charge on any atom is 0.105 e. The smallest absolute Gasteiger partial charge is 0.105 e. The molecule has 80 valence electrons. The van der Waals surface area contributed by atoms with Gasteiger partial charge in [0.2, 0.25) is 0 Å². The molecule has 0 radical (unpaired) electrons. The lowest BCUT2D eigenvalue weighted by molar-refractivity contribution is 0.574. The van der Waals surface area contributed by atoms with Crippen LogP contribution < -0.4 is 5.32 Å². The van der Waals surface area contributed by atoms with Crippen LogP contribution in [0.4, 0.5) is 0 Å². The van der Waals surface area contributed by atoms with Crippen molar-refractivity contribution in [2.75, 3.05) is 17.5 Å². The van der Waals surface area contributed by atoms with Crippen LogP contribution in [0.3, 0.4) is 0 Å². The Balaban J connectivity index is 2.02. The van der Waals surface area contributed by atoms with Gasteiger partial charge in [0.25, 0.3) is 0 Å². The van der Waals surface area contributed by atoms with E-state index in [0.29, 0.717) is 0 Å². The van der Waals surface area contributed by atoms with Crippen LogP contribution in [-0.4, -0.2) is 27.1 Å². The first-order chi connectivity index (χ1) is 6.84. The highest BCUT2D eigenvalue weighted by Gasteiger charge is 1.94. The number of nitrogens with one attached hydrogen (secondary N) is 1. The molecule has 0 fully saturated rings. The summed E-state index contributed by atoms with van der Waals surface area (Å²) in [6.45, 7) is 5.24. The molecule has 0 unspecified atom stereocenters. The van der Waals surface area contributed by atoms with E-state index in [1.54, 1.807) is 0 Å². The van der Waals surface area contributed by atoms with Gasteiger partial charge in [0.15, 0.2) is 0 Å². The van der Waals surface area contributed by atoms with Gasteiger partial charge in [-0.15, -0.1) is 0 Å². The van der Waals surface area contributed by atoms with E-state index in [2.05, 4.69) is 37.5 Å². The minimum absolute atomic E-state index is 1.02. The molecule has 0 aliphatic rings. The maximum absolute atomic E-state index is 4.18. The Morgan fingerprint density at radius 3 is 2.93 bits per heavy atom. The van der Waals surface area contributed by atoms with Crippen molar-refractivity contribution in [1.82, 2.24) is 14.9 Å². The normalized spacial score (nSPS) is 10.7. The molecule has 1 heterocycles. The van der Waals surface area contributed by atoms with Gasteiger partial charge in [-0.1, -0.05) is 22.6 Å². The van der Waals surface area contributed by atoms with Crippen LogP contribution in [0.15, 0.2) is 12.4 Å². The van der Waals surface area contributed by atoms with Crippen molar-refractivity contribution in [3.63, 3.8) is 0 Å². The predicted octanol–water partition coefficient (Wildman–Crippen LogP) is 2.00. The van der Waals surface area contributed by atoms with Crippen LogP contribution in [0.25, 0.3) is 0 Å². The molecule has 0 amide bonds. The summed E-state index contributed by atoms with van der Waals surface area (Å²) in [5.41, 5.74) is 0. The summed E-state index contributed by atoms with van der Waals surface area (Å²) >= 11 is 2.42. The first-order valence-electron chi connectivity index (χ1n) is 5.09. The zero-order chi connectivity index (χ0) is 10.2. The van der Waals surface area contributed by atoms with E-state index < -0.39 is 0 Å². The fourth-order valence-corrected chi connectivity index (χ4v) is 1.85. The van der Waals surface area contributed by atoms with Crippen molar-refractivity contribution < 1.29 is 0 Å². The van der Waals surface area contributed by atoms with Crippen molar-refractivity contribution in [2.45, 2.75) is 26.3 Å². The molecule has 0 aromatic carbocycles. The minimum Gasteiger partial charge on any atom is -0.334 e. The van der Waals surface area contributed by atoms with Gasteiger partial charge < -0.3 is 9.88 Å². The molecular weight excluding hydrogens is 289 g/mol. The van der Waals surface area contributed by atoms with E-state index in [1.807, 2.05) is 19.3 Å². The molecule has 0 atom stereocenters. The largest absolute Gasteiger partial charge is 0.334 e. The number of hydrogen-bond donors (Lipinski definition) is 1.